The summed E-state index contributed by atoms with van der Waals surface area (Å²) in [6, 6.07) is 13.6. The Hall–Kier alpha value is -2.09. The summed E-state index contributed by atoms with van der Waals surface area (Å²) in [5, 5.41) is 2.96. The van der Waals surface area contributed by atoms with Gasteiger partial charge >= 0.3 is 0 Å². The van der Waals surface area contributed by atoms with Crippen molar-refractivity contribution in [3.63, 3.8) is 0 Å². The minimum atomic E-state index is -0.0555. The van der Waals surface area contributed by atoms with Crippen LogP contribution in [-0.2, 0) is 0 Å². The van der Waals surface area contributed by atoms with Crippen molar-refractivity contribution in [1.29, 1.82) is 0 Å². The van der Waals surface area contributed by atoms with Gasteiger partial charge in [0, 0.05) is 11.3 Å². The van der Waals surface area contributed by atoms with Crippen LogP contribution in [0.4, 0.5) is 5.69 Å². The fraction of sp³-hybridized carbons (Fsp3) is 0.188. The van der Waals surface area contributed by atoms with Crippen molar-refractivity contribution in [3.05, 3.63) is 64.7 Å². The first kappa shape index (κ1) is 12.4. The predicted octanol–water partition coefficient (Wildman–Crippen LogP) is 3.86. The van der Waals surface area contributed by atoms with Gasteiger partial charge in [-0.3, -0.25) is 4.79 Å². The van der Waals surface area contributed by atoms with Gasteiger partial charge in [0.25, 0.3) is 5.91 Å². The zero-order valence-electron chi connectivity index (χ0n) is 10.9. The highest BCUT2D eigenvalue weighted by molar-refractivity contribution is 6.05. The molecule has 0 aliphatic heterocycles. The van der Waals surface area contributed by atoms with Crippen molar-refractivity contribution in [1.82, 2.24) is 0 Å². The highest BCUT2D eigenvalue weighted by Gasteiger charge is 2.09. The number of aryl methyl sites for hydroxylation is 3. The van der Waals surface area contributed by atoms with E-state index >= 15 is 0 Å². The molecule has 0 aliphatic carbocycles. The second-order valence-electron chi connectivity index (χ2n) is 4.59. The first-order valence-electron chi connectivity index (χ1n) is 6.02. The third-order valence-corrected chi connectivity index (χ3v) is 3.02. The van der Waals surface area contributed by atoms with Crippen molar-refractivity contribution in [3.8, 4) is 0 Å². The Morgan fingerprint density at radius 2 is 1.67 bits per heavy atom. The average Bonchev–Trinajstić information content (AvgIpc) is 2.33. The molecular formula is C16H17NO. The normalized spacial score (nSPS) is 10.2. The van der Waals surface area contributed by atoms with Gasteiger partial charge in [-0.2, -0.15) is 0 Å². The largest absolute Gasteiger partial charge is 0.322 e. The highest BCUT2D eigenvalue weighted by Crippen LogP contribution is 2.18. The lowest BCUT2D eigenvalue weighted by Gasteiger charge is -2.10. The van der Waals surface area contributed by atoms with Crippen LogP contribution in [0.1, 0.15) is 27.0 Å². The molecule has 0 fully saturated rings. The number of rotatable bonds is 2. The summed E-state index contributed by atoms with van der Waals surface area (Å²) in [5.41, 5.74) is 4.85. The molecule has 0 unspecified atom stereocenters. The van der Waals surface area contributed by atoms with E-state index in [0.29, 0.717) is 0 Å². The van der Waals surface area contributed by atoms with Gasteiger partial charge in [0.2, 0.25) is 0 Å². The van der Waals surface area contributed by atoms with Crippen LogP contribution < -0.4 is 5.32 Å². The van der Waals surface area contributed by atoms with E-state index in [0.717, 1.165) is 22.4 Å². The summed E-state index contributed by atoms with van der Waals surface area (Å²) in [6.45, 7) is 5.98. The van der Waals surface area contributed by atoms with E-state index in [2.05, 4.69) is 11.4 Å². The first-order chi connectivity index (χ1) is 8.58. The summed E-state index contributed by atoms with van der Waals surface area (Å²) < 4.78 is 0. The number of hydrogen-bond donors (Lipinski definition) is 1. The first-order valence-corrected chi connectivity index (χ1v) is 6.02. The standard InChI is InChI=1S/C16H17NO/c1-11-8-9-15(13(3)10-11)17-16(18)14-7-5-4-6-12(14)2/h4-10H,1-3H3,(H,17,18). The van der Waals surface area contributed by atoms with E-state index in [-0.39, 0.29) is 5.91 Å². The van der Waals surface area contributed by atoms with Gasteiger partial charge in [-0.25, -0.2) is 0 Å². The number of anilines is 1. The third-order valence-electron chi connectivity index (χ3n) is 3.02. The van der Waals surface area contributed by atoms with Crippen LogP contribution in [-0.4, -0.2) is 5.91 Å². The predicted molar refractivity (Wildman–Crippen MR) is 75.0 cm³/mol. The van der Waals surface area contributed by atoms with Crippen LogP contribution in [0.5, 0.6) is 0 Å². The molecule has 2 heteroatoms. The van der Waals surface area contributed by atoms with E-state index in [1.807, 2.05) is 57.2 Å². The number of carbonyl (C=O) groups is 1. The number of benzene rings is 2. The Kier molecular flexibility index (Phi) is 3.47. The Labute approximate surface area is 108 Å². The maximum atomic E-state index is 12.2. The monoisotopic (exact) mass is 239 g/mol. The quantitative estimate of drug-likeness (QED) is 0.847. The number of hydrogen-bond acceptors (Lipinski definition) is 1. The molecular weight excluding hydrogens is 222 g/mol. The van der Waals surface area contributed by atoms with Crippen LogP contribution in [0.25, 0.3) is 0 Å². The second-order valence-corrected chi connectivity index (χ2v) is 4.59. The average molecular weight is 239 g/mol. The van der Waals surface area contributed by atoms with E-state index in [1.54, 1.807) is 0 Å². The van der Waals surface area contributed by atoms with E-state index in [9.17, 15) is 4.79 Å². The Morgan fingerprint density at radius 1 is 0.944 bits per heavy atom. The molecule has 0 heterocycles. The number of carbonyl (C=O) groups excluding carboxylic acids is 1. The molecule has 2 aromatic rings. The summed E-state index contributed by atoms with van der Waals surface area (Å²) in [7, 11) is 0. The summed E-state index contributed by atoms with van der Waals surface area (Å²) in [4.78, 5) is 12.2. The zero-order valence-corrected chi connectivity index (χ0v) is 10.9. The molecule has 0 aromatic heterocycles. The summed E-state index contributed by atoms with van der Waals surface area (Å²) in [6.07, 6.45) is 0. The van der Waals surface area contributed by atoms with Crippen molar-refractivity contribution in [2.45, 2.75) is 20.8 Å². The molecule has 1 amide bonds. The second kappa shape index (κ2) is 5.05. The molecule has 0 bridgehead atoms. The van der Waals surface area contributed by atoms with Gasteiger partial charge < -0.3 is 5.32 Å². The minimum absolute atomic E-state index is 0.0555. The van der Waals surface area contributed by atoms with Crippen molar-refractivity contribution >= 4 is 11.6 Å². The molecule has 2 nitrogen and oxygen atoms in total. The molecule has 1 N–H and O–H groups in total. The molecule has 0 saturated heterocycles. The van der Waals surface area contributed by atoms with Gasteiger partial charge in [0.05, 0.1) is 0 Å². The lowest BCUT2D eigenvalue weighted by atomic mass is 10.1. The topological polar surface area (TPSA) is 29.1 Å². The highest BCUT2D eigenvalue weighted by atomic mass is 16.1. The van der Waals surface area contributed by atoms with Gasteiger partial charge in [0.15, 0.2) is 0 Å². The lowest BCUT2D eigenvalue weighted by molar-refractivity contribution is 0.102. The van der Waals surface area contributed by atoms with Crippen LogP contribution in [0.3, 0.4) is 0 Å². The SMILES string of the molecule is Cc1ccc(NC(=O)c2ccccc2C)c(C)c1. The molecule has 0 atom stereocenters. The van der Waals surface area contributed by atoms with E-state index in [4.69, 9.17) is 0 Å². The Balaban J connectivity index is 2.24. The Morgan fingerprint density at radius 3 is 2.33 bits per heavy atom. The van der Waals surface area contributed by atoms with Crippen LogP contribution in [0.15, 0.2) is 42.5 Å². The van der Waals surface area contributed by atoms with Crippen molar-refractivity contribution in [2.24, 2.45) is 0 Å². The fourth-order valence-corrected chi connectivity index (χ4v) is 1.97. The van der Waals surface area contributed by atoms with E-state index in [1.165, 1.54) is 5.56 Å². The smallest absolute Gasteiger partial charge is 0.255 e. The molecule has 0 radical (unpaired) electrons. The maximum absolute atomic E-state index is 12.2. The maximum Gasteiger partial charge on any atom is 0.255 e. The lowest BCUT2D eigenvalue weighted by Crippen LogP contribution is -2.14. The number of amides is 1. The fourth-order valence-electron chi connectivity index (χ4n) is 1.97. The molecule has 0 aliphatic rings. The summed E-state index contributed by atoms with van der Waals surface area (Å²) in [5.74, 6) is -0.0555. The third kappa shape index (κ3) is 2.59. The van der Waals surface area contributed by atoms with Crippen LogP contribution in [0, 0.1) is 20.8 Å². The van der Waals surface area contributed by atoms with Crippen molar-refractivity contribution in [2.75, 3.05) is 5.32 Å². The van der Waals surface area contributed by atoms with Crippen LogP contribution in [0.2, 0.25) is 0 Å². The molecule has 92 valence electrons. The molecule has 2 aromatic carbocycles. The van der Waals surface area contributed by atoms with Gasteiger partial charge in [0.1, 0.15) is 0 Å². The van der Waals surface area contributed by atoms with Crippen molar-refractivity contribution < 1.29 is 4.79 Å². The molecule has 18 heavy (non-hydrogen) atoms. The van der Waals surface area contributed by atoms with Gasteiger partial charge in [-0.05, 0) is 44.0 Å². The van der Waals surface area contributed by atoms with E-state index < -0.39 is 0 Å². The molecule has 2 rings (SSSR count). The van der Waals surface area contributed by atoms with Crippen LogP contribution >= 0.6 is 0 Å². The van der Waals surface area contributed by atoms with Gasteiger partial charge in [-0.15, -0.1) is 0 Å². The minimum Gasteiger partial charge on any atom is -0.322 e. The van der Waals surface area contributed by atoms with Gasteiger partial charge in [-0.1, -0.05) is 35.9 Å². The molecule has 0 spiro atoms. The molecule has 0 saturated carbocycles. The Bertz CT molecular complexity index is 587. The number of nitrogens with one attached hydrogen (secondary N) is 1. The summed E-state index contributed by atoms with van der Waals surface area (Å²) >= 11 is 0. The zero-order chi connectivity index (χ0) is 13.1.